The molecule has 6 nitrogen and oxygen atoms in total. The van der Waals surface area contributed by atoms with Crippen molar-refractivity contribution in [2.75, 3.05) is 5.32 Å². The molecule has 0 fully saturated rings. The van der Waals surface area contributed by atoms with Gasteiger partial charge in [0.15, 0.2) is 5.82 Å². The first-order valence-electron chi connectivity index (χ1n) is 7.27. The Morgan fingerprint density at radius 1 is 1.08 bits per heavy atom. The van der Waals surface area contributed by atoms with Crippen molar-refractivity contribution in [3.8, 4) is 0 Å². The van der Waals surface area contributed by atoms with Crippen molar-refractivity contribution in [2.24, 2.45) is 0 Å². The molecular weight excluding hydrogens is 349 g/mol. The molecule has 0 saturated carbocycles. The summed E-state index contributed by atoms with van der Waals surface area (Å²) in [5, 5.41) is 12.0. The summed E-state index contributed by atoms with van der Waals surface area (Å²) in [4.78, 5) is 12.1. The second kappa shape index (κ2) is 7.07. The minimum absolute atomic E-state index is 0.0371. The van der Waals surface area contributed by atoms with Crippen LogP contribution in [0, 0.1) is 6.92 Å². The van der Waals surface area contributed by atoms with Crippen LogP contribution in [0.1, 0.15) is 11.3 Å². The highest BCUT2D eigenvalue weighted by molar-refractivity contribution is 6.33. The molecule has 124 valence electrons. The van der Waals surface area contributed by atoms with Gasteiger partial charge >= 0.3 is 0 Å². The smallest absolute Gasteiger partial charge is 0.247 e. The highest BCUT2D eigenvalue weighted by Crippen LogP contribution is 2.20. The van der Waals surface area contributed by atoms with E-state index in [1.807, 2.05) is 30.3 Å². The minimum atomic E-state index is -0.277. The fraction of sp³-hybridized carbons (Fsp3) is 0.188. The van der Waals surface area contributed by atoms with Crippen LogP contribution in [0.3, 0.4) is 0 Å². The Balaban J connectivity index is 1.65. The Hall–Kier alpha value is -2.31. The number of hydrogen-bond donors (Lipinski definition) is 1. The molecule has 1 amide bonds. The molecule has 3 rings (SSSR count). The highest BCUT2D eigenvalue weighted by atomic mass is 35.5. The van der Waals surface area contributed by atoms with E-state index in [2.05, 4.69) is 15.5 Å². The summed E-state index contributed by atoms with van der Waals surface area (Å²) in [6, 6.07) is 9.87. The zero-order valence-electron chi connectivity index (χ0n) is 12.9. The molecule has 1 N–H and O–H groups in total. The fourth-order valence-electron chi connectivity index (χ4n) is 2.23. The lowest BCUT2D eigenvalue weighted by molar-refractivity contribution is -0.116. The monoisotopic (exact) mass is 363 g/mol. The SMILES string of the molecule is Cc1nn(CC(=O)Nc2nn(Cc3ccccc3)cc2Cl)cc1Cl. The Labute approximate surface area is 149 Å². The van der Waals surface area contributed by atoms with Crippen molar-refractivity contribution < 1.29 is 4.79 Å². The summed E-state index contributed by atoms with van der Waals surface area (Å²) in [7, 11) is 0. The molecular formula is C16H15Cl2N5O. The zero-order chi connectivity index (χ0) is 17.1. The lowest BCUT2D eigenvalue weighted by Crippen LogP contribution is -2.19. The molecule has 0 aliphatic rings. The Bertz CT molecular complexity index is 837. The van der Waals surface area contributed by atoms with Gasteiger partial charge in [0.05, 0.1) is 17.3 Å². The number of benzene rings is 1. The molecule has 8 heteroatoms. The quantitative estimate of drug-likeness (QED) is 0.755. The normalized spacial score (nSPS) is 10.8. The van der Waals surface area contributed by atoms with E-state index in [9.17, 15) is 4.79 Å². The van der Waals surface area contributed by atoms with E-state index in [0.717, 1.165) is 5.56 Å². The molecule has 1 aromatic carbocycles. The molecule has 0 aliphatic carbocycles. The molecule has 2 aromatic heterocycles. The first-order valence-corrected chi connectivity index (χ1v) is 8.03. The molecule has 0 bridgehead atoms. The molecule has 0 aliphatic heterocycles. The standard InChI is InChI=1S/C16H15Cl2N5O/c1-11-13(17)8-23(20-11)10-15(24)19-16-14(18)9-22(21-16)7-12-5-3-2-4-6-12/h2-6,8-9H,7,10H2,1H3,(H,19,21,24). The van der Waals surface area contributed by atoms with Crippen LogP contribution in [0.5, 0.6) is 0 Å². The van der Waals surface area contributed by atoms with Gasteiger partial charge in [-0.1, -0.05) is 53.5 Å². The van der Waals surface area contributed by atoms with Crippen LogP contribution < -0.4 is 5.32 Å². The van der Waals surface area contributed by atoms with Crippen LogP contribution in [-0.2, 0) is 17.9 Å². The number of hydrogen-bond acceptors (Lipinski definition) is 3. The summed E-state index contributed by atoms with van der Waals surface area (Å²) in [6.45, 7) is 2.39. The van der Waals surface area contributed by atoms with Gasteiger partial charge in [-0.15, -0.1) is 0 Å². The van der Waals surface area contributed by atoms with Crippen molar-refractivity contribution in [2.45, 2.75) is 20.0 Å². The van der Waals surface area contributed by atoms with Gasteiger partial charge in [-0.3, -0.25) is 14.2 Å². The van der Waals surface area contributed by atoms with E-state index in [-0.39, 0.29) is 12.5 Å². The fourth-order valence-corrected chi connectivity index (χ4v) is 2.57. The first-order chi connectivity index (χ1) is 11.5. The van der Waals surface area contributed by atoms with Gasteiger partial charge in [0.2, 0.25) is 5.91 Å². The van der Waals surface area contributed by atoms with Gasteiger partial charge in [0, 0.05) is 12.4 Å². The van der Waals surface area contributed by atoms with Gasteiger partial charge < -0.3 is 5.32 Å². The van der Waals surface area contributed by atoms with Crippen LogP contribution in [-0.4, -0.2) is 25.5 Å². The highest BCUT2D eigenvalue weighted by Gasteiger charge is 2.12. The van der Waals surface area contributed by atoms with Crippen molar-refractivity contribution in [1.82, 2.24) is 19.6 Å². The molecule has 0 spiro atoms. The van der Waals surface area contributed by atoms with Gasteiger partial charge in [0.1, 0.15) is 11.6 Å². The minimum Gasteiger partial charge on any atom is -0.306 e. The number of rotatable bonds is 5. The molecule has 0 saturated heterocycles. The maximum Gasteiger partial charge on any atom is 0.247 e. The van der Waals surface area contributed by atoms with E-state index < -0.39 is 0 Å². The number of anilines is 1. The second-order valence-electron chi connectivity index (χ2n) is 5.32. The summed E-state index contributed by atoms with van der Waals surface area (Å²) < 4.78 is 3.16. The van der Waals surface area contributed by atoms with Crippen molar-refractivity contribution in [3.05, 3.63) is 64.0 Å². The van der Waals surface area contributed by atoms with Crippen LogP contribution >= 0.6 is 23.2 Å². The zero-order valence-corrected chi connectivity index (χ0v) is 14.4. The molecule has 0 unspecified atom stereocenters. The van der Waals surface area contributed by atoms with Crippen molar-refractivity contribution >= 4 is 34.9 Å². The lowest BCUT2D eigenvalue weighted by atomic mass is 10.2. The Kier molecular flexibility index (Phi) is 4.87. The second-order valence-corrected chi connectivity index (χ2v) is 6.13. The van der Waals surface area contributed by atoms with Crippen molar-refractivity contribution in [1.29, 1.82) is 0 Å². The van der Waals surface area contributed by atoms with Gasteiger partial charge in [0.25, 0.3) is 0 Å². The molecule has 24 heavy (non-hydrogen) atoms. The van der Waals surface area contributed by atoms with E-state index in [1.165, 1.54) is 4.68 Å². The molecule has 0 atom stereocenters. The summed E-state index contributed by atoms with van der Waals surface area (Å²) in [6.07, 6.45) is 3.28. The van der Waals surface area contributed by atoms with E-state index in [1.54, 1.807) is 24.0 Å². The van der Waals surface area contributed by atoms with Gasteiger partial charge in [-0.25, -0.2) is 0 Å². The molecule has 0 radical (unpaired) electrons. The maximum atomic E-state index is 12.1. The van der Waals surface area contributed by atoms with Crippen LogP contribution in [0.15, 0.2) is 42.7 Å². The largest absolute Gasteiger partial charge is 0.306 e. The lowest BCUT2D eigenvalue weighted by Gasteiger charge is -2.03. The summed E-state index contributed by atoms with van der Waals surface area (Å²) in [5.41, 5.74) is 1.77. The number of halogens is 2. The van der Waals surface area contributed by atoms with Gasteiger partial charge in [-0.05, 0) is 12.5 Å². The van der Waals surface area contributed by atoms with E-state index in [0.29, 0.717) is 28.1 Å². The topological polar surface area (TPSA) is 64.7 Å². The van der Waals surface area contributed by atoms with E-state index >= 15 is 0 Å². The number of carbonyl (C=O) groups is 1. The van der Waals surface area contributed by atoms with Crippen molar-refractivity contribution in [3.63, 3.8) is 0 Å². The van der Waals surface area contributed by atoms with Crippen LogP contribution in [0.2, 0.25) is 10.0 Å². The Morgan fingerprint density at radius 2 is 1.79 bits per heavy atom. The number of carbonyl (C=O) groups excluding carboxylic acids is 1. The number of aromatic nitrogens is 4. The number of nitrogens with zero attached hydrogens (tertiary/aromatic N) is 4. The third-order valence-electron chi connectivity index (χ3n) is 3.35. The third-order valence-corrected chi connectivity index (χ3v) is 4.00. The Morgan fingerprint density at radius 3 is 2.46 bits per heavy atom. The van der Waals surface area contributed by atoms with Crippen LogP contribution in [0.4, 0.5) is 5.82 Å². The van der Waals surface area contributed by atoms with E-state index in [4.69, 9.17) is 23.2 Å². The number of amides is 1. The number of nitrogens with one attached hydrogen (secondary N) is 1. The maximum absolute atomic E-state index is 12.1. The van der Waals surface area contributed by atoms with Crippen LogP contribution in [0.25, 0.3) is 0 Å². The summed E-state index contributed by atoms with van der Waals surface area (Å²) >= 11 is 12.1. The summed E-state index contributed by atoms with van der Waals surface area (Å²) in [5.74, 6) is 0.0496. The van der Waals surface area contributed by atoms with Gasteiger partial charge in [-0.2, -0.15) is 10.2 Å². The third kappa shape index (κ3) is 3.96. The molecule has 3 aromatic rings. The predicted molar refractivity (Wildman–Crippen MR) is 93.4 cm³/mol. The molecule has 2 heterocycles. The first kappa shape index (κ1) is 16.5. The average molecular weight is 364 g/mol. The average Bonchev–Trinajstić information content (AvgIpc) is 3.02. The number of aryl methyl sites for hydroxylation is 1. The predicted octanol–water partition coefficient (Wildman–Crippen LogP) is 3.38.